The zero-order valence-corrected chi connectivity index (χ0v) is 9.27. The molecule has 2 aromatic heterocycles. The van der Waals surface area contributed by atoms with E-state index in [9.17, 15) is 4.79 Å². The van der Waals surface area contributed by atoms with Crippen LogP contribution < -0.4 is 0 Å². The van der Waals surface area contributed by atoms with Gasteiger partial charge in [0.1, 0.15) is 6.33 Å². The van der Waals surface area contributed by atoms with Crippen molar-refractivity contribution in [1.82, 2.24) is 30.2 Å². The molecule has 0 atom stereocenters. The van der Waals surface area contributed by atoms with Crippen LogP contribution in [-0.2, 0) is 10.3 Å². The van der Waals surface area contributed by atoms with Gasteiger partial charge in [0.25, 0.3) is 0 Å². The number of aliphatic carboxylic acids is 1. The first-order chi connectivity index (χ1) is 8.03. The van der Waals surface area contributed by atoms with Crippen molar-refractivity contribution in [3.05, 3.63) is 18.7 Å². The first-order valence-corrected chi connectivity index (χ1v) is 4.81. The molecule has 0 aromatic carbocycles. The van der Waals surface area contributed by atoms with Crippen LogP contribution >= 0.6 is 0 Å². The maximum absolute atomic E-state index is 11.2. The van der Waals surface area contributed by atoms with Crippen LogP contribution in [0.25, 0.3) is 11.4 Å². The van der Waals surface area contributed by atoms with E-state index in [2.05, 4.69) is 25.5 Å². The van der Waals surface area contributed by atoms with Crippen LogP contribution in [0.1, 0.15) is 13.8 Å². The second kappa shape index (κ2) is 3.89. The van der Waals surface area contributed by atoms with Crippen LogP contribution in [-0.4, -0.2) is 41.3 Å². The summed E-state index contributed by atoms with van der Waals surface area (Å²) in [6.45, 7) is 3.03. The molecule has 0 fully saturated rings. The molecule has 0 radical (unpaired) electrons. The number of tetrazole rings is 1. The number of carboxylic acid groups (broad SMARTS) is 1. The molecule has 8 nitrogen and oxygen atoms in total. The number of carboxylic acids is 1. The Balaban J connectivity index is 2.53. The Labute approximate surface area is 96.3 Å². The second-order valence-electron chi connectivity index (χ2n) is 3.91. The van der Waals surface area contributed by atoms with Crippen LogP contribution in [0.5, 0.6) is 0 Å². The Morgan fingerprint density at radius 3 is 2.59 bits per heavy atom. The summed E-state index contributed by atoms with van der Waals surface area (Å²) < 4.78 is 1.23. The molecule has 8 heteroatoms. The Morgan fingerprint density at radius 2 is 2.00 bits per heavy atom. The molecule has 1 N–H and O–H groups in total. The molecular formula is C9H10N6O2. The highest BCUT2D eigenvalue weighted by atomic mass is 16.4. The van der Waals surface area contributed by atoms with E-state index in [1.165, 1.54) is 37.3 Å². The van der Waals surface area contributed by atoms with E-state index in [4.69, 9.17) is 5.11 Å². The molecule has 0 unspecified atom stereocenters. The van der Waals surface area contributed by atoms with Gasteiger partial charge in [-0.05, 0) is 24.3 Å². The summed E-state index contributed by atoms with van der Waals surface area (Å²) in [5.74, 6) is -0.708. The lowest BCUT2D eigenvalue weighted by molar-refractivity contribution is -0.146. The molecule has 2 heterocycles. The minimum atomic E-state index is -1.24. The van der Waals surface area contributed by atoms with Gasteiger partial charge in [-0.2, -0.15) is 0 Å². The number of nitrogens with zero attached hydrogens (tertiary/aromatic N) is 6. The molecule has 0 saturated heterocycles. The van der Waals surface area contributed by atoms with Crippen molar-refractivity contribution in [3.8, 4) is 11.4 Å². The number of aromatic nitrogens is 6. The van der Waals surface area contributed by atoms with Gasteiger partial charge in [0.05, 0.1) is 5.56 Å². The van der Waals surface area contributed by atoms with E-state index in [1.807, 2.05) is 0 Å². The summed E-state index contributed by atoms with van der Waals surface area (Å²) >= 11 is 0. The molecule has 0 amide bonds. The Hall–Kier alpha value is -2.38. The first-order valence-electron chi connectivity index (χ1n) is 4.81. The minimum absolute atomic E-state index is 0.318. The Kier molecular flexibility index (Phi) is 2.54. The fourth-order valence-corrected chi connectivity index (χ4v) is 1.25. The fourth-order valence-electron chi connectivity index (χ4n) is 1.25. The van der Waals surface area contributed by atoms with E-state index < -0.39 is 11.5 Å². The lowest BCUT2D eigenvalue weighted by atomic mass is 10.1. The van der Waals surface area contributed by atoms with E-state index in [-0.39, 0.29) is 0 Å². The Bertz CT molecular complexity index is 535. The maximum atomic E-state index is 11.2. The Morgan fingerprint density at radius 1 is 1.35 bits per heavy atom. The molecular weight excluding hydrogens is 224 g/mol. The summed E-state index contributed by atoms with van der Waals surface area (Å²) in [6.07, 6.45) is 4.42. The van der Waals surface area contributed by atoms with Gasteiger partial charge in [-0.25, -0.2) is 19.4 Å². The van der Waals surface area contributed by atoms with Crippen LogP contribution in [0.2, 0.25) is 0 Å². The van der Waals surface area contributed by atoms with Crippen molar-refractivity contribution in [2.75, 3.05) is 0 Å². The highest BCUT2D eigenvalue weighted by Gasteiger charge is 2.33. The van der Waals surface area contributed by atoms with E-state index in [0.29, 0.717) is 11.4 Å². The van der Waals surface area contributed by atoms with E-state index in [1.54, 1.807) is 0 Å². The highest BCUT2D eigenvalue weighted by molar-refractivity contribution is 5.76. The molecule has 17 heavy (non-hydrogen) atoms. The highest BCUT2D eigenvalue weighted by Crippen LogP contribution is 2.21. The van der Waals surface area contributed by atoms with Gasteiger partial charge >= 0.3 is 5.97 Å². The van der Waals surface area contributed by atoms with Crippen LogP contribution in [0.3, 0.4) is 0 Å². The van der Waals surface area contributed by atoms with Crippen LogP contribution in [0.15, 0.2) is 18.7 Å². The van der Waals surface area contributed by atoms with Gasteiger partial charge in [0.15, 0.2) is 11.4 Å². The average Bonchev–Trinajstić information content (AvgIpc) is 2.79. The summed E-state index contributed by atoms with van der Waals surface area (Å²) in [6, 6.07) is 0. The third-order valence-electron chi connectivity index (χ3n) is 2.34. The lowest BCUT2D eigenvalue weighted by Gasteiger charge is -2.20. The third-order valence-corrected chi connectivity index (χ3v) is 2.34. The lowest BCUT2D eigenvalue weighted by Crippen LogP contribution is -2.37. The molecule has 2 rings (SSSR count). The largest absolute Gasteiger partial charge is 0.479 e. The number of hydrogen-bond acceptors (Lipinski definition) is 6. The monoisotopic (exact) mass is 234 g/mol. The zero-order valence-electron chi connectivity index (χ0n) is 9.27. The summed E-state index contributed by atoms with van der Waals surface area (Å²) in [5.41, 5.74) is -0.680. The molecule has 88 valence electrons. The standard InChI is InChI=1S/C9H10N6O2/c1-9(2,8(16)17)15-7(12-13-14-15)6-3-10-5-11-4-6/h3-5H,1-2H3,(H,16,17). The topological polar surface area (TPSA) is 107 Å². The summed E-state index contributed by atoms with van der Waals surface area (Å²) in [4.78, 5) is 18.8. The molecule has 0 aliphatic carbocycles. The normalized spacial score (nSPS) is 11.4. The molecule has 0 spiro atoms. The maximum Gasteiger partial charge on any atom is 0.331 e. The van der Waals surface area contributed by atoms with Crippen molar-refractivity contribution in [1.29, 1.82) is 0 Å². The molecule has 2 aromatic rings. The van der Waals surface area contributed by atoms with Gasteiger partial charge in [0.2, 0.25) is 0 Å². The molecule has 0 aliphatic heterocycles. The van der Waals surface area contributed by atoms with E-state index in [0.717, 1.165) is 0 Å². The van der Waals surface area contributed by atoms with Gasteiger partial charge in [-0.3, -0.25) is 0 Å². The average molecular weight is 234 g/mol. The number of carbonyl (C=O) groups is 1. The number of hydrogen-bond donors (Lipinski definition) is 1. The third kappa shape index (κ3) is 1.84. The van der Waals surface area contributed by atoms with E-state index >= 15 is 0 Å². The van der Waals surface area contributed by atoms with Crippen molar-refractivity contribution in [2.45, 2.75) is 19.4 Å². The van der Waals surface area contributed by atoms with Crippen molar-refractivity contribution in [3.63, 3.8) is 0 Å². The van der Waals surface area contributed by atoms with Gasteiger partial charge in [0, 0.05) is 12.4 Å². The SMILES string of the molecule is CC(C)(C(=O)O)n1nnnc1-c1cncnc1. The van der Waals surface area contributed by atoms with Gasteiger partial charge in [-0.15, -0.1) is 5.10 Å². The summed E-state index contributed by atoms with van der Waals surface area (Å²) in [7, 11) is 0. The predicted molar refractivity (Wildman–Crippen MR) is 55.8 cm³/mol. The zero-order chi connectivity index (χ0) is 12.5. The smallest absolute Gasteiger partial charge is 0.331 e. The quantitative estimate of drug-likeness (QED) is 0.793. The first kappa shape index (κ1) is 11.1. The van der Waals surface area contributed by atoms with Gasteiger partial charge in [-0.1, -0.05) is 0 Å². The van der Waals surface area contributed by atoms with Crippen LogP contribution in [0.4, 0.5) is 0 Å². The van der Waals surface area contributed by atoms with Crippen molar-refractivity contribution < 1.29 is 9.90 Å². The van der Waals surface area contributed by atoms with Gasteiger partial charge < -0.3 is 5.11 Å². The second-order valence-corrected chi connectivity index (χ2v) is 3.91. The van der Waals surface area contributed by atoms with Crippen molar-refractivity contribution in [2.24, 2.45) is 0 Å². The van der Waals surface area contributed by atoms with Crippen LogP contribution in [0, 0.1) is 0 Å². The van der Waals surface area contributed by atoms with Crippen molar-refractivity contribution >= 4 is 5.97 Å². The molecule has 0 bridgehead atoms. The summed E-state index contributed by atoms with van der Waals surface area (Å²) in [5, 5.41) is 20.1. The fraction of sp³-hybridized carbons (Fsp3) is 0.333. The minimum Gasteiger partial charge on any atom is -0.479 e. The molecule has 0 aliphatic rings. The molecule has 0 saturated carbocycles. The predicted octanol–water partition coefficient (Wildman–Crippen LogP) is -0.0502. The number of rotatable bonds is 3.